The normalized spacial score (nSPS) is 10.8. The van der Waals surface area contributed by atoms with Crippen LogP contribution < -0.4 is 11.2 Å². The maximum absolute atomic E-state index is 11.7. The van der Waals surface area contributed by atoms with Gasteiger partial charge in [-0.25, -0.2) is 4.79 Å². The Balaban J connectivity index is 3.18. The van der Waals surface area contributed by atoms with Crippen molar-refractivity contribution < 1.29 is 4.79 Å². The first-order valence-corrected chi connectivity index (χ1v) is 5.08. The molecule has 0 saturated heterocycles. The van der Waals surface area contributed by atoms with Gasteiger partial charge in [-0.15, -0.1) is 11.3 Å². The molecule has 0 aromatic carbocycles. The molecule has 5 nitrogen and oxygen atoms in total. The van der Waals surface area contributed by atoms with Gasteiger partial charge in [-0.3, -0.25) is 18.7 Å². The first-order chi connectivity index (χ1) is 7.07. The zero-order valence-corrected chi connectivity index (χ0v) is 9.00. The van der Waals surface area contributed by atoms with Crippen LogP contribution in [0.25, 0.3) is 10.2 Å². The van der Waals surface area contributed by atoms with Crippen LogP contribution in [0.3, 0.4) is 0 Å². The second kappa shape index (κ2) is 3.16. The number of rotatable bonds is 1. The van der Waals surface area contributed by atoms with E-state index in [-0.39, 0.29) is 5.56 Å². The van der Waals surface area contributed by atoms with Gasteiger partial charge in [0.2, 0.25) is 0 Å². The standard InChI is InChI=1S/C9H8N2O3S/c1-10-6-5(3-12)4-15-7(6)8(13)11(2)9(10)14/h3-4H,1-2H3. The van der Waals surface area contributed by atoms with Gasteiger partial charge in [0, 0.05) is 25.0 Å². The molecule has 0 atom stereocenters. The quantitative estimate of drug-likeness (QED) is 0.646. The molecule has 0 fully saturated rings. The number of aldehydes is 1. The van der Waals surface area contributed by atoms with Crippen molar-refractivity contribution in [1.82, 2.24) is 9.13 Å². The largest absolute Gasteiger partial charge is 0.331 e. The summed E-state index contributed by atoms with van der Waals surface area (Å²) < 4.78 is 2.78. The van der Waals surface area contributed by atoms with Crippen molar-refractivity contribution in [1.29, 1.82) is 0 Å². The van der Waals surface area contributed by atoms with Gasteiger partial charge in [0.15, 0.2) is 6.29 Å². The van der Waals surface area contributed by atoms with Crippen molar-refractivity contribution in [3.8, 4) is 0 Å². The number of hydrogen-bond acceptors (Lipinski definition) is 4. The van der Waals surface area contributed by atoms with E-state index in [2.05, 4.69) is 0 Å². The van der Waals surface area contributed by atoms with Gasteiger partial charge < -0.3 is 0 Å². The van der Waals surface area contributed by atoms with E-state index < -0.39 is 5.69 Å². The number of aromatic nitrogens is 2. The van der Waals surface area contributed by atoms with Crippen LogP contribution >= 0.6 is 11.3 Å². The van der Waals surface area contributed by atoms with E-state index in [4.69, 9.17) is 0 Å². The number of nitrogens with zero attached hydrogens (tertiary/aromatic N) is 2. The number of carbonyl (C=O) groups excluding carboxylic acids is 1. The van der Waals surface area contributed by atoms with E-state index in [1.807, 2.05) is 0 Å². The van der Waals surface area contributed by atoms with Gasteiger partial charge in [-0.05, 0) is 0 Å². The minimum atomic E-state index is -0.422. The zero-order valence-electron chi connectivity index (χ0n) is 8.18. The Bertz CT molecular complexity index is 662. The van der Waals surface area contributed by atoms with Gasteiger partial charge in [0.25, 0.3) is 5.56 Å². The van der Waals surface area contributed by atoms with Gasteiger partial charge in [-0.2, -0.15) is 0 Å². The summed E-state index contributed by atoms with van der Waals surface area (Å²) in [6, 6.07) is 0. The lowest BCUT2D eigenvalue weighted by atomic mass is 10.3. The Hall–Kier alpha value is -1.69. The molecule has 0 radical (unpaired) electrons. The fourth-order valence-electron chi connectivity index (χ4n) is 1.51. The summed E-state index contributed by atoms with van der Waals surface area (Å²) in [6.07, 6.45) is 0.651. The topological polar surface area (TPSA) is 61.1 Å². The van der Waals surface area contributed by atoms with Gasteiger partial charge in [-0.1, -0.05) is 0 Å². The van der Waals surface area contributed by atoms with Crippen molar-refractivity contribution in [3.05, 3.63) is 31.8 Å². The summed E-state index contributed by atoms with van der Waals surface area (Å²) in [5, 5.41) is 1.58. The van der Waals surface area contributed by atoms with Gasteiger partial charge >= 0.3 is 5.69 Å². The first kappa shape index (κ1) is 9.85. The smallest absolute Gasteiger partial charge is 0.298 e. The third-order valence-electron chi connectivity index (χ3n) is 2.33. The van der Waals surface area contributed by atoms with Crippen LogP contribution in [0.4, 0.5) is 0 Å². The van der Waals surface area contributed by atoms with Crippen LogP contribution in [0, 0.1) is 0 Å². The van der Waals surface area contributed by atoms with E-state index >= 15 is 0 Å². The molecule has 2 rings (SSSR count). The predicted molar refractivity (Wildman–Crippen MR) is 57.7 cm³/mol. The molecule has 2 heterocycles. The van der Waals surface area contributed by atoms with Crippen LogP contribution in [0.2, 0.25) is 0 Å². The molecule has 0 aliphatic rings. The fourth-order valence-corrected chi connectivity index (χ4v) is 2.52. The molecule has 6 heteroatoms. The average molecular weight is 224 g/mol. The Morgan fingerprint density at radius 1 is 1.27 bits per heavy atom. The molecule has 2 aromatic heterocycles. The molecule has 0 saturated carbocycles. The highest BCUT2D eigenvalue weighted by atomic mass is 32.1. The van der Waals surface area contributed by atoms with Gasteiger partial charge in [0.05, 0.1) is 5.52 Å². The van der Waals surface area contributed by atoms with Crippen LogP contribution in [0.1, 0.15) is 10.4 Å². The van der Waals surface area contributed by atoms with Crippen molar-refractivity contribution in [3.63, 3.8) is 0 Å². The summed E-state index contributed by atoms with van der Waals surface area (Å²) in [4.78, 5) is 34.0. The third-order valence-corrected chi connectivity index (χ3v) is 3.30. The number of hydrogen-bond donors (Lipinski definition) is 0. The minimum Gasteiger partial charge on any atom is -0.298 e. The number of carbonyl (C=O) groups is 1. The molecule has 0 aliphatic heterocycles. The second-order valence-electron chi connectivity index (χ2n) is 3.19. The van der Waals surface area contributed by atoms with Gasteiger partial charge in [0.1, 0.15) is 4.70 Å². The Kier molecular flexibility index (Phi) is 2.08. The lowest BCUT2D eigenvalue weighted by Gasteiger charge is -2.03. The number of fused-ring (bicyclic) bond motifs is 1. The monoisotopic (exact) mass is 224 g/mol. The van der Waals surface area contributed by atoms with E-state index in [0.29, 0.717) is 22.1 Å². The molecule has 0 unspecified atom stereocenters. The Morgan fingerprint density at radius 2 is 1.93 bits per heavy atom. The lowest BCUT2D eigenvalue weighted by Crippen LogP contribution is -2.36. The predicted octanol–water partition coefficient (Wildman–Crippen LogP) is 0.111. The molecule has 15 heavy (non-hydrogen) atoms. The Morgan fingerprint density at radius 3 is 2.53 bits per heavy atom. The van der Waals surface area contributed by atoms with Crippen molar-refractivity contribution in [2.75, 3.05) is 0 Å². The van der Waals surface area contributed by atoms with Crippen LogP contribution in [-0.4, -0.2) is 15.4 Å². The molecular weight excluding hydrogens is 216 g/mol. The van der Waals surface area contributed by atoms with Crippen LogP contribution in [0.5, 0.6) is 0 Å². The number of thiophene rings is 1. The molecule has 0 aliphatic carbocycles. The lowest BCUT2D eigenvalue weighted by molar-refractivity contribution is 0.112. The molecule has 0 amide bonds. The summed E-state index contributed by atoms with van der Waals surface area (Å²) >= 11 is 1.18. The second-order valence-corrected chi connectivity index (χ2v) is 4.07. The van der Waals surface area contributed by atoms with Crippen molar-refractivity contribution in [2.24, 2.45) is 14.1 Å². The minimum absolute atomic E-state index is 0.355. The van der Waals surface area contributed by atoms with E-state index in [9.17, 15) is 14.4 Å². The first-order valence-electron chi connectivity index (χ1n) is 4.20. The molecule has 0 N–H and O–H groups in total. The van der Waals surface area contributed by atoms with Crippen molar-refractivity contribution >= 4 is 27.8 Å². The fraction of sp³-hybridized carbons (Fsp3) is 0.222. The summed E-state index contributed by atoms with van der Waals surface area (Å²) in [5.74, 6) is 0. The van der Waals surface area contributed by atoms with Crippen LogP contribution in [-0.2, 0) is 14.1 Å². The number of aryl methyl sites for hydroxylation is 1. The summed E-state index contributed by atoms with van der Waals surface area (Å²) in [7, 11) is 2.97. The molecule has 78 valence electrons. The maximum atomic E-state index is 11.7. The molecule has 0 spiro atoms. The van der Waals surface area contributed by atoms with E-state index in [1.54, 1.807) is 12.4 Å². The SMILES string of the molecule is Cn1c(=O)c2scc(C=O)c2n(C)c1=O. The molecule has 2 aromatic rings. The van der Waals surface area contributed by atoms with E-state index in [1.165, 1.54) is 23.0 Å². The zero-order chi connectivity index (χ0) is 11.2. The highest BCUT2D eigenvalue weighted by molar-refractivity contribution is 7.17. The van der Waals surface area contributed by atoms with E-state index in [0.717, 1.165) is 4.57 Å². The maximum Gasteiger partial charge on any atom is 0.331 e. The Labute approximate surface area is 88.2 Å². The van der Waals surface area contributed by atoms with Crippen LogP contribution in [0.15, 0.2) is 15.0 Å². The summed E-state index contributed by atoms with van der Waals surface area (Å²) in [5.41, 5.74) is 0.0237. The third kappa shape index (κ3) is 1.18. The summed E-state index contributed by atoms with van der Waals surface area (Å²) in [6.45, 7) is 0. The molecule has 0 bridgehead atoms. The van der Waals surface area contributed by atoms with Crippen molar-refractivity contribution in [2.45, 2.75) is 0 Å². The highest BCUT2D eigenvalue weighted by Crippen LogP contribution is 2.19. The highest BCUT2D eigenvalue weighted by Gasteiger charge is 2.13. The average Bonchev–Trinajstić information content (AvgIpc) is 2.67. The molecular formula is C9H8N2O3S.